The molecule has 1 saturated heterocycles. The zero-order chi connectivity index (χ0) is 12.6. The summed E-state index contributed by atoms with van der Waals surface area (Å²) in [7, 11) is 0. The topological polar surface area (TPSA) is 62.9 Å². The molecule has 0 aromatic heterocycles. The number of ether oxygens (including phenoxy) is 1. The van der Waals surface area contributed by atoms with Crippen molar-refractivity contribution in [1.82, 2.24) is 10.2 Å². The quantitative estimate of drug-likeness (QED) is 0.312. The molecule has 0 bridgehead atoms. The van der Waals surface area contributed by atoms with E-state index < -0.39 is 0 Å². The van der Waals surface area contributed by atoms with Gasteiger partial charge < -0.3 is 15.8 Å². The number of halogens is 1. The van der Waals surface area contributed by atoms with E-state index in [4.69, 9.17) is 10.5 Å². The maximum atomic E-state index is 5.83. The fourth-order valence-corrected chi connectivity index (χ4v) is 2.30. The minimum Gasteiger partial charge on any atom is -0.379 e. The third-order valence-corrected chi connectivity index (χ3v) is 3.81. The summed E-state index contributed by atoms with van der Waals surface area (Å²) in [5.74, 6) is 1.41. The number of aliphatic imine (C=N–C) groups is 1. The highest BCUT2D eigenvalue weighted by atomic mass is 127. The average Bonchev–Trinajstić information content (AvgIpc) is 2.34. The van der Waals surface area contributed by atoms with Crippen molar-refractivity contribution in [1.29, 1.82) is 0 Å². The minimum absolute atomic E-state index is 0. The van der Waals surface area contributed by atoms with Gasteiger partial charge in [0.05, 0.1) is 13.2 Å². The summed E-state index contributed by atoms with van der Waals surface area (Å²) in [6.45, 7) is 6.80. The van der Waals surface area contributed by atoms with E-state index in [0.717, 1.165) is 58.3 Å². The van der Waals surface area contributed by atoms with Gasteiger partial charge in [-0.2, -0.15) is 0 Å². The summed E-state index contributed by atoms with van der Waals surface area (Å²) in [4.78, 5) is 6.82. The van der Waals surface area contributed by atoms with Crippen LogP contribution in [0, 0.1) is 5.92 Å². The first-order valence-corrected chi connectivity index (χ1v) is 7.18. The van der Waals surface area contributed by atoms with Crippen molar-refractivity contribution in [3.8, 4) is 0 Å². The van der Waals surface area contributed by atoms with E-state index in [-0.39, 0.29) is 24.0 Å². The normalized spacial score (nSPS) is 21.6. The molecule has 112 valence electrons. The van der Waals surface area contributed by atoms with E-state index in [1.54, 1.807) is 0 Å². The molecule has 0 amide bonds. The second-order valence-electron chi connectivity index (χ2n) is 5.26. The van der Waals surface area contributed by atoms with E-state index in [9.17, 15) is 0 Å². The van der Waals surface area contributed by atoms with Gasteiger partial charge in [-0.25, -0.2) is 0 Å². The Labute approximate surface area is 133 Å². The summed E-state index contributed by atoms with van der Waals surface area (Å²) in [6.07, 6.45) is 5.13. The predicted molar refractivity (Wildman–Crippen MR) is 89.1 cm³/mol. The van der Waals surface area contributed by atoms with Crippen molar-refractivity contribution in [2.75, 3.05) is 45.9 Å². The van der Waals surface area contributed by atoms with Crippen molar-refractivity contribution in [2.45, 2.75) is 25.7 Å². The molecule has 6 heteroatoms. The second-order valence-corrected chi connectivity index (χ2v) is 5.26. The van der Waals surface area contributed by atoms with Gasteiger partial charge in [0.25, 0.3) is 0 Å². The molecule has 0 spiro atoms. The number of morpholine rings is 1. The van der Waals surface area contributed by atoms with Gasteiger partial charge in [-0.05, 0) is 31.7 Å². The predicted octanol–water partition coefficient (Wildman–Crippen LogP) is 1.03. The van der Waals surface area contributed by atoms with Gasteiger partial charge in [0.1, 0.15) is 0 Å². The molecule has 3 N–H and O–H groups in total. The Balaban J connectivity index is 0.00000180. The van der Waals surface area contributed by atoms with Gasteiger partial charge in [0.15, 0.2) is 5.96 Å². The van der Waals surface area contributed by atoms with E-state index in [2.05, 4.69) is 15.2 Å². The van der Waals surface area contributed by atoms with Gasteiger partial charge in [0.2, 0.25) is 0 Å². The molecule has 2 fully saturated rings. The zero-order valence-corrected chi connectivity index (χ0v) is 14.0. The van der Waals surface area contributed by atoms with Crippen LogP contribution in [0.5, 0.6) is 0 Å². The lowest BCUT2D eigenvalue weighted by molar-refractivity contribution is 0.0376. The first-order valence-electron chi connectivity index (χ1n) is 7.18. The smallest absolute Gasteiger partial charge is 0.188 e. The largest absolute Gasteiger partial charge is 0.379 e. The minimum atomic E-state index is 0. The van der Waals surface area contributed by atoms with Crippen LogP contribution in [-0.4, -0.2) is 56.8 Å². The number of rotatable bonds is 6. The second kappa shape index (κ2) is 9.77. The zero-order valence-electron chi connectivity index (χ0n) is 11.6. The van der Waals surface area contributed by atoms with E-state index >= 15 is 0 Å². The molecule has 2 rings (SSSR count). The summed E-state index contributed by atoms with van der Waals surface area (Å²) in [5.41, 5.74) is 5.83. The summed E-state index contributed by atoms with van der Waals surface area (Å²) < 4.78 is 5.32. The number of hydrogen-bond acceptors (Lipinski definition) is 3. The van der Waals surface area contributed by atoms with E-state index in [0.29, 0.717) is 5.96 Å². The Morgan fingerprint density at radius 3 is 2.68 bits per heavy atom. The molecule has 1 aliphatic carbocycles. The molecule has 0 unspecified atom stereocenters. The number of guanidine groups is 1. The molecule has 5 nitrogen and oxygen atoms in total. The number of nitrogens with two attached hydrogens (primary N) is 1. The van der Waals surface area contributed by atoms with Crippen LogP contribution in [0.3, 0.4) is 0 Å². The Morgan fingerprint density at radius 1 is 1.32 bits per heavy atom. The molecule has 1 aliphatic heterocycles. The fraction of sp³-hybridized carbons (Fsp3) is 0.923. The van der Waals surface area contributed by atoms with Gasteiger partial charge >= 0.3 is 0 Å². The molecule has 0 atom stereocenters. The Hall–Kier alpha value is -0.0800. The summed E-state index contributed by atoms with van der Waals surface area (Å²) >= 11 is 0. The summed E-state index contributed by atoms with van der Waals surface area (Å²) in [6, 6.07) is 0. The molecular weight excluding hydrogens is 355 g/mol. The van der Waals surface area contributed by atoms with Gasteiger partial charge in [-0.3, -0.25) is 9.89 Å². The highest BCUT2D eigenvalue weighted by molar-refractivity contribution is 14.0. The maximum Gasteiger partial charge on any atom is 0.188 e. The lowest BCUT2D eigenvalue weighted by atomic mass is 9.86. The van der Waals surface area contributed by atoms with Crippen LogP contribution >= 0.6 is 24.0 Å². The van der Waals surface area contributed by atoms with Crippen molar-refractivity contribution in [2.24, 2.45) is 16.6 Å². The van der Waals surface area contributed by atoms with Crippen LogP contribution in [0.4, 0.5) is 0 Å². The van der Waals surface area contributed by atoms with Crippen LogP contribution in [-0.2, 0) is 4.74 Å². The Morgan fingerprint density at radius 2 is 2.05 bits per heavy atom. The van der Waals surface area contributed by atoms with Crippen molar-refractivity contribution in [3.05, 3.63) is 0 Å². The fourth-order valence-electron chi connectivity index (χ4n) is 2.30. The van der Waals surface area contributed by atoms with Gasteiger partial charge in [-0.1, -0.05) is 6.42 Å². The van der Waals surface area contributed by atoms with Crippen LogP contribution in [0.1, 0.15) is 25.7 Å². The number of hydrogen-bond donors (Lipinski definition) is 2. The molecule has 1 saturated carbocycles. The molecule has 0 radical (unpaired) electrons. The van der Waals surface area contributed by atoms with Crippen molar-refractivity contribution >= 4 is 29.9 Å². The van der Waals surface area contributed by atoms with Crippen molar-refractivity contribution in [3.63, 3.8) is 0 Å². The first-order chi connectivity index (χ1) is 8.84. The monoisotopic (exact) mass is 382 g/mol. The molecular formula is C13H27IN4O. The maximum absolute atomic E-state index is 5.83. The Bertz CT molecular complexity index is 265. The molecule has 1 heterocycles. The lowest BCUT2D eigenvalue weighted by Crippen LogP contribution is -2.39. The van der Waals surface area contributed by atoms with Crippen LogP contribution in [0.2, 0.25) is 0 Å². The molecule has 19 heavy (non-hydrogen) atoms. The third kappa shape index (κ3) is 6.76. The Kier molecular flexibility index (Phi) is 8.72. The average molecular weight is 382 g/mol. The highest BCUT2D eigenvalue weighted by Crippen LogP contribution is 2.26. The molecule has 0 aromatic rings. The lowest BCUT2D eigenvalue weighted by Gasteiger charge is -2.26. The number of nitrogens with zero attached hydrogens (tertiary/aromatic N) is 2. The standard InChI is InChI=1S/C13H26N4O.HI/c14-13(16-11-12-3-1-4-12)15-5-2-6-17-7-9-18-10-8-17;/h12H,1-11H2,(H3,14,15,16);1H. The van der Waals surface area contributed by atoms with Gasteiger partial charge in [0, 0.05) is 26.2 Å². The SMILES string of the molecule is I.NC(=NCC1CCC1)NCCCN1CCOCC1. The van der Waals surface area contributed by atoms with E-state index in [1.807, 2.05) is 0 Å². The molecule has 0 aromatic carbocycles. The van der Waals surface area contributed by atoms with Crippen LogP contribution < -0.4 is 11.1 Å². The molecule has 2 aliphatic rings. The van der Waals surface area contributed by atoms with Crippen molar-refractivity contribution < 1.29 is 4.74 Å². The summed E-state index contributed by atoms with van der Waals surface area (Å²) in [5, 5.41) is 3.20. The third-order valence-electron chi connectivity index (χ3n) is 3.81. The van der Waals surface area contributed by atoms with Crippen LogP contribution in [0.25, 0.3) is 0 Å². The highest BCUT2D eigenvalue weighted by Gasteiger charge is 2.16. The number of nitrogens with one attached hydrogen (secondary N) is 1. The van der Waals surface area contributed by atoms with Crippen LogP contribution in [0.15, 0.2) is 4.99 Å². The van der Waals surface area contributed by atoms with E-state index in [1.165, 1.54) is 19.3 Å². The van der Waals surface area contributed by atoms with Gasteiger partial charge in [-0.15, -0.1) is 24.0 Å². The first kappa shape index (κ1) is 17.0.